The van der Waals surface area contributed by atoms with Gasteiger partial charge in [0.25, 0.3) is 0 Å². The summed E-state index contributed by atoms with van der Waals surface area (Å²) in [4.78, 5) is 3.88. The SMILES string of the molecule is NCc1ncoc1-c1cccc(Cl)c1F. The van der Waals surface area contributed by atoms with Gasteiger partial charge in [0, 0.05) is 6.54 Å². The molecule has 0 radical (unpaired) electrons. The number of nitrogens with two attached hydrogens (primary N) is 1. The van der Waals surface area contributed by atoms with E-state index in [-0.39, 0.29) is 17.1 Å². The lowest BCUT2D eigenvalue weighted by Crippen LogP contribution is -1.99. The minimum Gasteiger partial charge on any atom is -0.443 e. The lowest BCUT2D eigenvalue weighted by molar-refractivity contribution is 0.560. The van der Waals surface area contributed by atoms with Crippen LogP contribution in [0.25, 0.3) is 11.3 Å². The molecule has 0 bridgehead atoms. The molecule has 0 atom stereocenters. The number of halogens is 2. The Morgan fingerprint density at radius 1 is 1.47 bits per heavy atom. The summed E-state index contributed by atoms with van der Waals surface area (Å²) in [6, 6.07) is 4.68. The van der Waals surface area contributed by atoms with E-state index >= 15 is 0 Å². The highest BCUT2D eigenvalue weighted by atomic mass is 35.5. The summed E-state index contributed by atoms with van der Waals surface area (Å²) in [5.74, 6) is -0.192. The summed E-state index contributed by atoms with van der Waals surface area (Å²) < 4.78 is 18.7. The van der Waals surface area contributed by atoms with E-state index in [1.54, 1.807) is 12.1 Å². The van der Waals surface area contributed by atoms with Crippen molar-refractivity contribution in [3.8, 4) is 11.3 Å². The molecule has 0 spiro atoms. The van der Waals surface area contributed by atoms with Gasteiger partial charge in [0.05, 0.1) is 10.6 Å². The lowest BCUT2D eigenvalue weighted by atomic mass is 10.1. The third-order valence-corrected chi connectivity index (χ3v) is 2.32. The van der Waals surface area contributed by atoms with Crippen LogP contribution in [-0.2, 0) is 6.54 Å². The highest BCUT2D eigenvalue weighted by molar-refractivity contribution is 6.31. The monoisotopic (exact) mass is 226 g/mol. The molecule has 0 amide bonds. The number of aromatic nitrogens is 1. The fraction of sp³-hybridized carbons (Fsp3) is 0.100. The summed E-state index contributed by atoms with van der Waals surface area (Å²) in [5, 5.41) is 0.0480. The molecular formula is C10H8ClFN2O. The number of nitrogens with zero attached hydrogens (tertiary/aromatic N) is 1. The fourth-order valence-electron chi connectivity index (χ4n) is 1.31. The summed E-state index contributed by atoms with van der Waals surface area (Å²) in [7, 11) is 0. The Morgan fingerprint density at radius 3 is 3.00 bits per heavy atom. The van der Waals surface area contributed by atoms with Crippen molar-refractivity contribution in [3.63, 3.8) is 0 Å². The number of oxazole rings is 1. The van der Waals surface area contributed by atoms with Crippen LogP contribution in [0.4, 0.5) is 4.39 Å². The van der Waals surface area contributed by atoms with Crippen LogP contribution in [0.3, 0.4) is 0 Å². The van der Waals surface area contributed by atoms with Crippen molar-refractivity contribution in [1.29, 1.82) is 0 Å². The van der Waals surface area contributed by atoms with E-state index in [4.69, 9.17) is 21.8 Å². The van der Waals surface area contributed by atoms with Gasteiger partial charge in [-0.25, -0.2) is 9.37 Å². The Bertz CT molecular complexity index is 484. The van der Waals surface area contributed by atoms with Gasteiger partial charge in [-0.05, 0) is 12.1 Å². The summed E-state index contributed by atoms with van der Waals surface area (Å²) in [6.07, 6.45) is 1.23. The van der Waals surface area contributed by atoms with E-state index in [1.807, 2.05) is 0 Å². The van der Waals surface area contributed by atoms with Gasteiger partial charge in [-0.1, -0.05) is 17.7 Å². The van der Waals surface area contributed by atoms with Crippen molar-refractivity contribution in [2.24, 2.45) is 5.73 Å². The average molecular weight is 227 g/mol. The third kappa shape index (κ3) is 1.73. The molecule has 2 rings (SSSR count). The molecule has 0 aliphatic rings. The predicted octanol–water partition coefficient (Wildman–Crippen LogP) is 2.59. The Balaban J connectivity index is 2.59. The maximum absolute atomic E-state index is 13.6. The summed E-state index contributed by atoms with van der Waals surface area (Å²) >= 11 is 5.66. The average Bonchev–Trinajstić information content (AvgIpc) is 2.70. The second-order valence-electron chi connectivity index (χ2n) is 2.93. The van der Waals surface area contributed by atoms with Gasteiger partial charge in [-0.3, -0.25) is 0 Å². The molecule has 1 heterocycles. The predicted molar refractivity (Wildman–Crippen MR) is 54.8 cm³/mol. The van der Waals surface area contributed by atoms with Crippen molar-refractivity contribution in [2.75, 3.05) is 0 Å². The number of hydrogen-bond donors (Lipinski definition) is 1. The van der Waals surface area contributed by atoms with Crippen LogP contribution < -0.4 is 5.73 Å². The molecule has 1 aromatic carbocycles. The molecule has 2 N–H and O–H groups in total. The van der Waals surface area contributed by atoms with E-state index < -0.39 is 5.82 Å². The Kier molecular flexibility index (Phi) is 2.70. The maximum Gasteiger partial charge on any atom is 0.181 e. The van der Waals surface area contributed by atoms with Crippen LogP contribution in [0.1, 0.15) is 5.69 Å². The molecule has 78 valence electrons. The molecule has 0 aliphatic heterocycles. The Hall–Kier alpha value is -1.39. The van der Waals surface area contributed by atoms with Gasteiger partial charge in [0.1, 0.15) is 5.69 Å². The summed E-state index contributed by atoms with van der Waals surface area (Å²) in [6.45, 7) is 0.192. The normalized spacial score (nSPS) is 10.6. The molecular weight excluding hydrogens is 219 g/mol. The second-order valence-corrected chi connectivity index (χ2v) is 3.34. The minimum atomic E-state index is -0.523. The zero-order valence-corrected chi connectivity index (χ0v) is 8.46. The first-order valence-electron chi connectivity index (χ1n) is 4.31. The van der Waals surface area contributed by atoms with Gasteiger partial charge < -0.3 is 10.2 Å². The molecule has 0 saturated carbocycles. The topological polar surface area (TPSA) is 52.0 Å². The van der Waals surface area contributed by atoms with Crippen molar-refractivity contribution >= 4 is 11.6 Å². The lowest BCUT2D eigenvalue weighted by Gasteiger charge is -2.02. The quantitative estimate of drug-likeness (QED) is 0.856. The standard InChI is InChI=1S/C10H8ClFN2O/c11-7-3-1-2-6(9(7)12)10-8(4-13)14-5-15-10/h1-3,5H,4,13H2. The van der Waals surface area contributed by atoms with Crippen LogP contribution in [0, 0.1) is 5.82 Å². The van der Waals surface area contributed by atoms with E-state index in [9.17, 15) is 4.39 Å². The van der Waals surface area contributed by atoms with E-state index in [0.717, 1.165) is 0 Å². The second kappa shape index (κ2) is 4.00. The minimum absolute atomic E-state index is 0.0480. The number of hydrogen-bond acceptors (Lipinski definition) is 3. The summed E-state index contributed by atoms with van der Waals surface area (Å²) in [5.41, 5.74) is 6.23. The highest BCUT2D eigenvalue weighted by Gasteiger charge is 2.15. The molecule has 1 aromatic heterocycles. The van der Waals surface area contributed by atoms with Gasteiger partial charge in [-0.15, -0.1) is 0 Å². The van der Waals surface area contributed by atoms with Crippen molar-refractivity contribution in [3.05, 3.63) is 41.1 Å². The van der Waals surface area contributed by atoms with Crippen LogP contribution in [0.15, 0.2) is 29.0 Å². The molecule has 0 saturated heterocycles. The third-order valence-electron chi connectivity index (χ3n) is 2.03. The van der Waals surface area contributed by atoms with Gasteiger partial charge >= 0.3 is 0 Å². The molecule has 15 heavy (non-hydrogen) atoms. The molecule has 2 aromatic rings. The van der Waals surface area contributed by atoms with Crippen molar-refractivity contribution < 1.29 is 8.81 Å². The number of rotatable bonds is 2. The Labute approximate surface area is 90.7 Å². The molecule has 0 unspecified atom stereocenters. The maximum atomic E-state index is 13.6. The van der Waals surface area contributed by atoms with E-state index in [2.05, 4.69) is 4.98 Å². The van der Waals surface area contributed by atoms with E-state index in [0.29, 0.717) is 11.5 Å². The molecule has 0 aliphatic carbocycles. The van der Waals surface area contributed by atoms with Gasteiger partial charge in [-0.2, -0.15) is 0 Å². The first-order valence-corrected chi connectivity index (χ1v) is 4.68. The van der Waals surface area contributed by atoms with Crippen LogP contribution >= 0.6 is 11.6 Å². The zero-order valence-electron chi connectivity index (χ0n) is 7.71. The van der Waals surface area contributed by atoms with Crippen LogP contribution in [0.2, 0.25) is 5.02 Å². The molecule has 5 heteroatoms. The van der Waals surface area contributed by atoms with Crippen molar-refractivity contribution in [1.82, 2.24) is 4.98 Å². The van der Waals surface area contributed by atoms with Gasteiger partial charge in [0.15, 0.2) is 18.0 Å². The van der Waals surface area contributed by atoms with Crippen LogP contribution in [0.5, 0.6) is 0 Å². The first kappa shape index (κ1) is 10.1. The van der Waals surface area contributed by atoms with E-state index in [1.165, 1.54) is 12.5 Å². The Morgan fingerprint density at radius 2 is 2.27 bits per heavy atom. The first-order chi connectivity index (χ1) is 7.24. The highest BCUT2D eigenvalue weighted by Crippen LogP contribution is 2.29. The fourth-order valence-corrected chi connectivity index (χ4v) is 1.49. The zero-order chi connectivity index (χ0) is 10.8. The van der Waals surface area contributed by atoms with Crippen LogP contribution in [-0.4, -0.2) is 4.98 Å². The smallest absolute Gasteiger partial charge is 0.181 e. The molecule has 3 nitrogen and oxygen atoms in total. The molecule has 0 fully saturated rings. The largest absolute Gasteiger partial charge is 0.443 e. The number of benzene rings is 1. The van der Waals surface area contributed by atoms with Crippen molar-refractivity contribution in [2.45, 2.75) is 6.54 Å². The van der Waals surface area contributed by atoms with Gasteiger partial charge in [0.2, 0.25) is 0 Å².